The number of halogens is 1. The van der Waals surface area contributed by atoms with Gasteiger partial charge in [-0.05, 0) is 18.2 Å². The summed E-state index contributed by atoms with van der Waals surface area (Å²) in [4.78, 5) is 8.45. The number of fused-ring (bicyclic) bond motifs is 1. The summed E-state index contributed by atoms with van der Waals surface area (Å²) in [5, 5.41) is 4.87. The lowest BCUT2D eigenvalue weighted by atomic mass is 10.3. The lowest BCUT2D eigenvalue weighted by Crippen LogP contribution is -2.06. The lowest BCUT2D eigenvalue weighted by Gasteiger charge is -2.02. The minimum absolute atomic E-state index is 0.430. The van der Waals surface area contributed by atoms with Gasteiger partial charge in [0.15, 0.2) is 5.82 Å². The first kappa shape index (κ1) is 11.0. The molecule has 7 heteroatoms. The number of hydrogen-bond donors (Lipinski definition) is 1. The fourth-order valence-electron chi connectivity index (χ4n) is 1.89. The Morgan fingerprint density at radius 3 is 2.94 bits per heavy atom. The highest BCUT2D eigenvalue weighted by Crippen LogP contribution is 2.22. The van der Waals surface area contributed by atoms with Crippen LogP contribution in [-0.4, -0.2) is 24.3 Å². The molecule has 0 atom stereocenters. The van der Waals surface area contributed by atoms with Crippen LogP contribution in [0.25, 0.3) is 11.0 Å². The van der Waals surface area contributed by atoms with Crippen LogP contribution in [0, 0.1) is 0 Å². The van der Waals surface area contributed by atoms with Crippen LogP contribution in [0.2, 0.25) is 5.02 Å². The minimum atomic E-state index is 0.430. The average Bonchev–Trinajstić information content (AvgIpc) is 2.84. The monoisotopic (exact) mass is 262 g/mol. The summed E-state index contributed by atoms with van der Waals surface area (Å²) in [5.74, 6) is 1.12. The summed E-state index contributed by atoms with van der Waals surface area (Å²) in [7, 11) is 1.83. The largest absolute Gasteiger partial charge is 0.369 e. The number of imidazole rings is 1. The van der Waals surface area contributed by atoms with Crippen LogP contribution in [-0.2, 0) is 13.6 Å². The van der Waals surface area contributed by atoms with Gasteiger partial charge in [-0.1, -0.05) is 11.6 Å². The van der Waals surface area contributed by atoms with Crippen molar-refractivity contribution >= 4 is 28.6 Å². The zero-order chi connectivity index (χ0) is 12.7. The minimum Gasteiger partial charge on any atom is -0.369 e. The number of benzene rings is 1. The van der Waals surface area contributed by atoms with Crippen molar-refractivity contribution < 1.29 is 0 Å². The number of nitrogen functional groups attached to an aromatic ring is 1. The van der Waals surface area contributed by atoms with Gasteiger partial charge in [0.2, 0.25) is 5.95 Å². The first-order valence-corrected chi connectivity index (χ1v) is 5.77. The van der Waals surface area contributed by atoms with E-state index >= 15 is 0 Å². The van der Waals surface area contributed by atoms with Crippen LogP contribution in [0.4, 0.5) is 5.95 Å². The predicted molar refractivity (Wildman–Crippen MR) is 69.3 cm³/mol. The molecule has 2 heterocycles. The molecule has 3 rings (SSSR count). The van der Waals surface area contributed by atoms with Crippen molar-refractivity contribution in [2.45, 2.75) is 6.54 Å². The molecule has 0 saturated heterocycles. The highest BCUT2D eigenvalue weighted by molar-refractivity contribution is 6.31. The molecular formula is C11H11ClN6. The molecule has 6 nitrogen and oxygen atoms in total. The van der Waals surface area contributed by atoms with E-state index in [0.29, 0.717) is 23.3 Å². The molecule has 92 valence electrons. The molecule has 2 N–H and O–H groups in total. The van der Waals surface area contributed by atoms with E-state index in [1.165, 1.54) is 0 Å². The van der Waals surface area contributed by atoms with Crippen molar-refractivity contribution in [3.63, 3.8) is 0 Å². The molecule has 0 radical (unpaired) electrons. The number of anilines is 1. The van der Waals surface area contributed by atoms with Crippen molar-refractivity contribution in [1.29, 1.82) is 0 Å². The Labute approximate surface area is 108 Å². The van der Waals surface area contributed by atoms with E-state index in [4.69, 9.17) is 17.3 Å². The normalized spacial score (nSPS) is 11.2. The fourth-order valence-corrected chi connectivity index (χ4v) is 2.05. The molecule has 0 bridgehead atoms. The third-order valence-electron chi connectivity index (χ3n) is 2.69. The highest BCUT2D eigenvalue weighted by Gasteiger charge is 2.10. The molecule has 0 saturated carbocycles. The second-order valence-corrected chi connectivity index (χ2v) is 4.46. The molecular weight excluding hydrogens is 252 g/mol. The molecule has 0 spiro atoms. The third kappa shape index (κ3) is 1.80. The van der Waals surface area contributed by atoms with Gasteiger partial charge in [0.25, 0.3) is 0 Å². The van der Waals surface area contributed by atoms with Crippen LogP contribution >= 0.6 is 11.6 Å². The summed E-state index contributed by atoms with van der Waals surface area (Å²) in [6.07, 6.45) is 1.65. The Kier molecular flexibility index (Phi) is 2.45. The molecule has 0 aliphatic carbocycles. The SMILES string of the molecule is Cn1cnc(Cn2c(N)nc3cc(Cl)ccc32)n1. The van der Waals surface area contributed by atoms with Crippen LogP contribution in [0.1, 0.15) is 5.82 Å². The molecule has 0 amide bonds. The predicted octanol–water partition coefficient (Wildman–Crippen LogP) is 1.45. The number of nitrogens with zero attached hydrogens (tertiary/aromatic N) is 5. The van der Waals surface area contributed by atoms with Crippen LogP contribution < -0.4 is 5.73 Å². The number of rotatable bonds is 2. The van der Waals surface area contributed by atoms with Gasteiger partial charge in [-0.25, -0.2) is 9.97 Å². The molecule has 1 aromatic carbocycles. The lowest BCUT2D eigenvalue weighted by molar-refractivity contribution is 0.715. The van der Waals surface area contributed by atoms with Crippen LogP contribution in [0.5, 0.6) is 0 Å². The topological polar surface area (TPSA) is 74.5 Å². The Morgan fingerprint density at radius 1 is 1.39 bits per heavy atom. The second kappa shape index (κ2) is 3.99. The van der Waals surface area contributed by atoms with E-state index in [0.717, 1.165) is 11.0 Å². The van der Waals surface area contributed by atoms with Crippen molar-refractivity contribution in [2.24, 2.45) is 7.05 Å². The van der Waals surface area contributed by atoms with Crippen LogP contribution in [0.15, 0.2) is 24.5 Å². The summed E-state index contributed by atoms with van der Waals surface area (Å²) in [6, 6.07) is 5.49. The van der Waals surface area contributed by atoms with Crippen molar-refractivity contribution in [2.75, 3.05) is 5.73 Å². The smallest absolute Gasteiger partial charge is 0.201 e. The van der Waals surface area contributed by atoms with Crippen molar-refractivity contribution in [3.05, 3.63) is 35.4 Å². The summed E-state index contributed by atoms with van der Waals surface area (Å²) in [5.41, 5.74) is 7.60. The standard InChI is InChI=1S/C11H11ClN6/c1-17-6-14-10(16-17)5-18-9-3-2-7(12)4-8(9)15-11(18)13/h2-4,6H,5H2,1H3,(H2,13,15). The molecule has 2 aromatic heterocycles. The Hall–Kier alpha value is -2.08. The van der Waals surface area contributed by atoms with E-state index < -0.39 is 0 Å². The number of aromatic nitrogens is 5. The average molecular weight is 263 g/mol. The van der Waals surface area contributed by atoms with Gasteiger partial charge in [-0.2, -0.15) is 5.10 Å². The third-order valence-corrected chi connectivity index (χ3v) is 2.92. The van der Waals surface area contributed by atoms with E-state index in [1.54, 1.807) is 17.1 Å². The zero-order valence-corrected chi connectivity index (χ0v) is 10.5. The van der Waals surface area contributed by atoms with E-state index in [2.05, 4.69) is 15.1 Å². The van der Waals surface area contributed by atoms with Gasteiger partial charge in [-0.15, -0.1) is 0 Å². The maximum absolute atomic E-state index is 5.93. The quantitative estimate of drug-likeness (QED) is 0.758. The first-order chi connectivity index (χ1) is 8.63. The zero-order valence-electron chi connectivity index (χ0n) is 9.71. The second-order valence-electron chi connectivity index (χ2n) is 4.02. The summed E-state index contributed by atoms with van der Waals surface area (Å²) in [6.45, 7) is 0.491. The Balaban J connectivity index is 2.08. The highest BCUT2D eigenvalue weighted by atomic mass is 35.5. The molecule has 0 aliphatic heterocycles. The molecule has 0 fully saturated rings. The fraction of sp³-hybridized carbons (Fsp3) is 0.182. The Bertz CT molecular complexity index is 713. The number of nitrogens with two attached hydrogens (primary N) is 1. The van der Waals surface area contributed by atoms with Crippen LogP contribution in [0.3, 0.4) is 0 Å². The van der Waals surface area contributed by atoms with Gasteiger partial charge in [0.1, 0.15) is 6.33 Å². The molecule has 0 unspecified atom stereocenters. The summed E-state index contributed by atoms with van der Waals surface area (Å²) < 4.78 is 3.52. The van der Waals surface area contributed by atoms with Crippen molar-refractivity contribution in [3.8, 4) is 0 Å². The van der Waals surface area contributed by atoms with Gasteiger partial charge >= 0.3 is 0 Å². The molecule has 3 aromatic rings. The van der Waals surface area contributed by atoms with Gasteiger partial charge in [0.05, 0.1) is 17.6 Å². The van der Waals surface area contributed by atoms with E-state index in [-0.39, 0.29) is 0 Å². The van der Waals surface area contributed by atoms with Crippen molar-refractivity contribution in [1.82, 2.24) is 24.3 Å². The maximum atomic E-state index is 5.93. The number of aryl methyl sites for hydroxylation is 1. The summed E-state index contributed by atoms with van der Waals surface area (Å²) >= 11 is 5.93. The molecule has 18 heavy (non-hydrogen) atoms. The molecule has 0 aliphatic rings. The number of hydrogen-bond acceptors (Lipinski definition) is 4. The Morgan fingerprint density at radius 2 is 2.22 bits per heavy atom. The first-order valence-electron chi connectivity index (χ1n) is 5.39. The maximum Gasteiger partial charge on any atom is 0.201 e. The van der Waals surface area contributed by atoms with Gasteiger partial charge in [0, 0.05) is 12.1 Å². The van der Waals surface area contributed by atoms with E-state index in [1.807, 2.05) is 23.7 Å². The van der Waals surface area contributed by atoms with Gasteiger partial charge in [-0.3, -0.25) is 4.68 Å². The van der Waals surface area contributed by atoms with E-state index in [9.17, 15) is 0 Å². The van der Waals surface area contributed by atoms with Gasteiger partial charge < -0.3 is 10.3 Å².